The Bertz CT molecular complexity index is 637. The molecule has 0 radical (unpaired) electrons. The summed E-state index contributed by atoms with van der Waals surface area (Å²) in [7, 11) is 0. The third kappa shape index (κ3) is 2.70. The minimum atomic E-state index is 0.515. The van der Waals surface area contributed by atoms with Crippen LogP contribution in [-0.4, -0.2) is 6.29 Å². The Kier molecular flexibility index (Phi) is 3.63. The molecule has 96 valence electrons. The van der Waals surface area contributed by atoms with E-state index in [0.717, 1.165) is 11.2 Å². The third-order valence-electron chi connectivity index (χ3n) is 3.40. The third-order valence-corrected chi connectivity index (χ3v) is 4.71. The van der Waals surface area contributed by atoms with Gasteiger partial charge in [-0.05, 0) is 60.7 Å². The molecule has 0 spiro atoms. The van der Waals surface area contributed by atoms with E-state index in [0.29, 0.717) is 10.6 Å². The number of benzene rings is 2. The van der Waals surface area contributed by atoms with Gasteiger partial charge in [0.2, 0.25) is 0 Å². The number of aldehydes is 1. The van der Waals surface area contributed by atoms with Crippen LogP contribution in [0.4, 0.5) is 0 Å². The van der Waals surface area contributed by atoms with Crippen molar-refractivity contribution in [1.82, 2.24) is 0 Å². The summed E-state index contributed by atoms with van der Waals surface area (Å²) in [6.45, 7) is 0. The van der Waals surface area contributed by atoms with Gasteiger partial charge in [0.25, 0.3) is 0 Å². The van der Waals surface area contributed by atoms with Gasteiger partial charge in [0.05, 0.1) is 5.02 Å². The van der Waals surface area contributed by atoms with Crippen molar-refractivity contribution in [2.24, 2.45) is 0 Å². The predicted octanol–water partition coefficient (Wildman–Crippen LogP) is 4.79. The fraction of sp³-hybridized carbons (Fsp3) is 0.188. The summed E-state index contributed by atoms with van der Waals surface area (Å²) < 4.78 is 0. The second kappa shape index (κ2) is 5.40. The molecule has 1 aliphatic carbocycles. The van der Waals surface area contributed by atoms with Crippen molar-refractivity contribution in [3.05, 3.63) is 58.1 Å². The lowest BCUT2D eigenvalue weighted by Crippen LogP contribution is -1.84. The van der Waals surface area contributed by atoms with Gasteiger partial charge < -0.3 is 0 Å². The molecule has 19 heavy (non-hydrogen) atoms. The molecule has 0 unspecified atom stereocenters. The molecule has 0 bridgehead atoms. The summed E-state index contributed by atoms with van der Waals surface area (Å²) in [5, 5.41) is 0.515. The van der Waals surface area contributed by atoms with Gasteiger partial charge in [-0.25, -0.2) is 0 Å². The minimum absolute atomic E-state index is 0.515. The Hall–Kier alpha value is -1.25. The smallest absolute Gasteiger partial charge is 0.151 e. The summed E-state index contributed by atoms with van der Waals surface area (Å²) >= 11 is 7.73. The van der Waals surface area contributed by atoms with E-state index in [-0.39, 0.29) is 0 Å². The van der Waals surface area contributed by atoms with Gasteiger partial charge in [0.1, 0.15) is 0 Å². The maximum Gasteiger partial charge on any atom is 0.151 e. The van der Waals surface area contributed by atoms with Crippen LogP contribution in [0.1, 0.15) is 27.9 Å². The van der Waals surface area contributed by atoms with Crippen molar-refractivity contribution in [3.63, 3.8) is 0 Å². The standard InChI is InChI=1S/C16H13ClOS/c17-16-9-15(7-5-13(16)10-18)19-14-6-4-11-2-1-3-12(11)8-14/h4-10H,1-3H2. The van der Waals surface area contributed by atoms with Crippen LogP contribution in [-0.2, 0) is 12.8 Å². The number of halogens is 1. The molecular formula is C16H13ClOS. The summed E-state index contributed by atoms with van der Waals surface area (Å²) in [6.07, 6.45) is 4.45. The van der Waals surface area contributed by atoms with Gasteiger partial charge in [-0.3, -0.25) is 4.79 Å². The first-order valence-corrected chi connectivity index (χ1v) is 7.50. The van der Waals surface area contributed by atoms with E-state index < -0.39 is 0 Å². The zero-order valence-corrected chi connectivity index (χ0v) is 11.9. The first-order valence-electron chi connectivity index (χ1n) is 6.30. The van der Waals surface area contributed by atoms with Gasteiger partial charge in [-0.1, -0.05) is 29.4 Å². The second-order valence-electron chi connectivity index (χ2n) is 4.69. The molecule has 1 aliphatic rings. The van der Waals surface area contributed by atoms with E-state index >= 15 is 0 Å². The average Bonchev–Trinajstić information content (AvgIpc) is 2.86. The normalized spacial score (nSPS) is 13.3. The van der Waals surface area contributed by atoms with Crippen molar-refractivity contribution in [2.75, 3.05) is 0 Å². The van der Waals surface area contributed by atoms with Crippen molar-refractivity contribution < 1.29 is 4.79 Å². The molecule has 0 saturated carbocycles. The number of aryl methyl sites for hydroxylation is 2. The second-order valence-corrected chi connectivity index (χ2v) is 6.24. The highest BCUT2D eigenvalue weighted by molar-refractivity contribution is 7.99. The number of hydrogen-bond donors (Lipinski definition) is 0. The minimum Gasteiger partial charge on any atom is -0.298 e. The highest BCUT2D eigenvalue weighted by Gasteiger charge is 2.11. The van der Waals surface area contributed by atoms with E-state index in [2.05, 4.69) is 18.2 Å². The number of rotatable bonds is 3. The van der Waals surface area contributed by atoms with Crippen LogP contribution in [0.3, 0.4) is 0 Å². The van der Waals surface area contributed by atoms with Gasteiger partial charge in [0.15, 0.2) is 6.29 Å². The van der Waals surface area contributed by atoms with E-state index in [9.17, 15) is 4.79 Å². The SMILES string of the molecule is O=Cc1ccc(Sc2ccc3c(c2)CCC3)cc1Cl. The molecule has 0 fully saturated rings. The van der Waals surface area contributed by atoms with Crippen molar-refractivity contribution in [1.29, 1.82) is 0 Å². The maximum absolute atomic E-state index is 10.7. The highest BCUT2D eigenvalue weighted by atomic mass is 35.5. The van der Waals surface area contributed by atoms with Gasteiger partial charge >= 0.3 is 0 Å². The van der Waals surface area contributed by atoms with Crippen LogP contribution < -0.4 is 0 Å². The summed E-state index contributed by atoms with van der Waals surface area (Å²) in [5.41, 5.74) is 3.50. The lowest BCUT2D eigenvalue weighted by Gasteiger charge is -2.06. The largest absolute Gasteiger partial charge is 0.298 e. The van der Waals surface area contributed by atoms with Crippen molar-refractivity contribution >= 4 is 29.6 Å². The number of carbonyl (C=O) groups is 1. The van der Waals surface area contributed by atoms with E-state index in [1.54, 1.807) is 17.8 Å². The lowest BCUT2D eigenvalue weighted by atomic mass is 10.1. The Morgan fingerprint density at radius 2 is 1.74 bits per heavy atom. The average molecular weight is 289 g/mol. The highest BCUT2D eigenvalue weighted by Crippen LogP contribution is 2.33. The van der Waals surface area contributed by atoms with Gasteiger partial charge in [-0.2, -0.15) is 0 Å². The fourth-order valence-electron chi connectivity index (χ4n) is 2.41. The number of fused-ring (bicyclic) bond motifs is 1. The summed E-state index contributed by atoms with van der Waals surface area (Å²) in [4.78, 5) is 13.0. The fourth-order valence-corrected chi connectivity index (χ4v) is 3.63. The molecule has 0 atom stereocenters. The molecule has 3 rings (SSSR count). The van der Waals surface area contributed by atoms with E-state index in [1.165, 1.54) is 35.3 Å². The Morgan fingerprint density at radius 1 is 1.00 bits per heavy atom. The summed E-state index contributed by atoms with van der Waals surface area (Å²) in [5.74, 6) is 0. The topological polar surface area (TPSA) is 17.1 Å². The lowest BCUT2D eigenvalue weighted by molar-refractivity contribution is 0.112. The van der Waals surface area contributed by atoms with E-state index in [1.807, 2.05) is 12.1 Å². The zero-order valence-electron chi connectivity index (χ0n) is 10.4. The van der Waals surface area contributed by atoms with E-state index in [4.69, 9.17) is 11.6 Å². The summed E-state index contributed by atoms with van der Waals surface area (Å²) in [6, 6.07) is 12.2. The molecule has 0 aliphatic heterocycles. The molecule has 0 aromatic heterocycles. The predicted molar refractivity (Wildman–Crippen MR) is 79.4 cm³/mol. The maximum atomic E-state index is 10.7. The van der Waals surface area contributed by atoms with Crippen LogP contribution in [0.15, 0.2) is 46.2 Å². The molecular weight excluding hydrogens is 276 g/mol. The van der Waals surface area contributed by atoms with Crippen molar-refractivity contribution in [2.45, 2.75) is 29.1 Å². The number of carbonyl (C=O) groups excluding carboxylic acids is 1. The first kappa shape index (κ1) is 12.8. The van der Waals surface area contributed by atoms with Crippen LogP contribution in [0.5, 0.6) is 0 Å². The molecule has 0 saturated heterocycles. The molecule has 2 aromatic carbocycles. The number of hydrogen-bond acceptors (Lipinski definition) is 2. The Morgan fingerprint density at radius 3 is 2.53 bits per heavy atom. The van der Waals surface area contributed by atoms with Gasteiger partial charge in [0, 0.05) is 15.4 Å². The first-order chi connectivity index (χ1) is 9.26. The quantitative estimate of drug-likeness (QED) is 0.755. The molecule has 3 heteroatoms. The zero-order chi connectivity index (χ0) is 13.2. The monoisotopic (exact) mass is 288 g/mol. The van der Waals surface area contributed by atoms with Crippen LogP contribution in [0.2, 0.25) is 5.02 Å². The molecule has 0 N–H and O–H groups in total. The van der Waals surface area contributed by atoms with Crippen LogP contribution in [0, 0.1) is 0 Å². The molecule has 0 amide bonds. The Balaban J connectivity index is 1.85. The van der Waals surface area contributed by atoms with Gasteiger partial charge in [-0.15, -0.1) is 0 Å². The molecule has 0 heterocycles. The molecule has 2 aromatic rings. The van der Waals surface area contributed by atoms with Crippen molar-refractivity contribution in [3.8, 4) is 0 Å². The molecule has 1 nitrogen and oxygen atoms in total. The van der Waals surface area contributed by atoms with Crippen LogP contribution in [0.25, 0.3) is 0 Å². The Labute approximate surface area is 122 Å². The van der Waals surface area contributed by atoms with Crippen LogP contribution >= 0.6 is 23.4 Å².